The van der Waals surface area contributed by atoms with Crippen molar-refractivity contribution >= 4 is 11.9 Å². The van der Waals surface area contributed by atoms with Crippen molar-refractivity contribution in [3.05, 3.63) is 36.2 Å². The van der Waals surface area contributed by atoms with E-state index in [2.05, 4.69) is 10.2 Å². The molecule has 0 bridgehead atoms. The van der Waals surface area contributed by atoms with Crippen LogP contribution in [0.2, 0.25) is 0 Å². The van der Waals surface area contributed by atoms with Crippen LogP contribution in [0.3, 0.4) is 0 Å². The second-order valence-corrected chi connectivity index (χ2v) is 4.51. The van der Waals surface area contributed by atoms with Gasteiger partial charge in [0.25, 0.3) is 0 Å². The summed E-state index contributed by atoms with van der Waals surface area (Å²) in [5.41, 5.74) is 0.811. The fourth-order valence-corrected chi connectivity index (χ4v) is 1.75. The number of benzene rings is 1. The summed E-state index contributed by atoms with van der Waals surface area (Å²) in [6.07, 6.45) is 0.406. The molecule has 0 aliphatic heterocycles. The summed E-state index contributed by atoms with van der Waals surface area (Å²) < 4.78 is 5.47. The van der Waals surface area contributed by atoms with E-state index in [1.54, 1.807) is 0 Å². The molecule has 0 aliphatic rings. The lowest BCUT2D eigenvalue weighted by Gasteiger charge is -2.13. The Balaban J connectivity index is 1.91. The number of carboxylic acid groups (broad SMARTS) is 1. The van der Waals surface area contributed by atoms with E-state index in [4.69, 9.17) is 9.52 Å². The minimum Gasteiger partial charge on any atom is -0.480 e. The highest BCUT2D eigenvalue weighted by Gasteiger charge is 2.14. The van der Waals surface area contributed by atoms with E-state index in [1.165, 1.54) is 7.05 Å². The molecule has 7 heteroatoms. The summed E-state index contributed by atoms with van der Waals surface area (Å²) in [6, 6.07) is 9.32. The van der Waals surface area contributed by atoms with Crippen LogP contribution in [0.1, 0.15) is 12.3 Å². The van der Waals surface area contributed by atoms with E-state index >= 15 is 0 Å². The third kappa shape index (κ3) is 4.13. The van der Waals surface area contributed by atoms with Gasteiger partial charge in [0.05, 0.1) is 0 Å². The second kappa shape index (κ2) is 6.65. The van der Waals surface area contributed by atoms with Gasteiger partial charge in [0, 0.05) is 25.5 Å². The minimum absolute atomic E-state index is 0.125. The van der Waals surface area contributed by atoms with Crippen LogP contribution < -0.4 is 0 Å². The number of carboxylic acids is 1. The first-order valence-electron chi connectivity index (χ1n) is 6.40. The van der Waals surface area contributed by atoms with Crippen LogP contribution in [0.5, 0.6) is 0 Å². The molecule has 1 aromatic carbocycles. The standard InChI is InChI=1S/C14H15N3O4/c1-17(9-13(19)20)12(18)8-7-11-15-16-14(21-11)10-5-3-2-4-6-10/h2-6H,7-9H2,1H3,(H,19,20). The topological polar surface area (TPSA) is 96.5 Å². The molecule has 0 aliphatic carbocycles. The first-order chi connectivity index (χ1) is 10.1. The van der Waals surface area contributed by atoms with Crippen molar-refractivity contribution in [1.82, 2.24) is 15.1 Å². The highest BCUT2D eigenvalue weighted by atomic mass is 16.4. The number of aromatic nitrogens is 2. The van der Waals surface area contributed by atoms with Gasteiger partial charge in [-0.05, 0) is 12.1 Å². The summed E-state index contributed by atoms with van der Waals surface area (Å²) in [5, 5.41) is 16.4. The Morgan fingerprint density at radius 2 is 1.95 bits per heavy atom. The normalized spacial score (nSPS) is 10.3. The maximum Gasteiger partial charge on any atom is 0.323 e. The van der Waals surface area contributed by atoms with Gasteiger partial charge in [-0.15, -0.1) is 10.2 Å². The van der Waals surface area contributed by atoms with Crippen molar-refractivity contribution in [2.75, 3.05) is 13.6 Å². The summed E-state index contributed by atoms with van der Waals surface area (Å²) in [7, 11) is 1.44. The molecule has 0 spiro atoms. The molecule has 1 heterocycles. The van der Waals surface area contributed by atoms with Crippen LogP contribution in [0, 0.1) is 0 Å². The molecule has 0 saturated carbocycles. The quantitative estimate of drug-likeness (QED) is 0.858. The number of likely N-dealkylation sites (N-methyl/N-ethyl adjacent to an activating group) is 1. The van der Waals surface area contributed by atoms with Gasteiger partial charge in [-0.2, -0.15) is 0 Å². The lowest BCUT2D eigenvalue weighted by atomic mass is 10.2. The van der Waals surface area contributed by atoms with Gasteiger partial charge < -0.3 is 14.4 Å². The fourth-order valence-electron chi connectivity index (χ4n) is 1.75. The maximum absolute atomic E-state index is 11.7. The highest BCUT2D eigenvalue weighted by Crippen LogP contribution is 2.17. The molecule has 0 saturated heterocycles. The van der Waals surface area contributed by atoms with E-state index in [-0.39, 0.29) is 25.3 Å². The molecule has 0 fully saturated rings. The van der Waals surface area contributed by atoms with E-state index in [0.29, 0.717) is 11.8 Å². The summed E-state index contributed by atoms with van der Waals surface area (Å²) in [5.74, 6) is -0.574. The van der Waals surface area contributed by atoms with E-state index in [1.807, 2.05) is 30.3 Å². The number of carbonyl (C=O) groups excluding carboxylic acids is 1. The van der Waals surface area contributed by atoms with Crippen LogP contribution in [-0.2, 0) is 16.0 Å². The Labute approximate surface area is 121 Å². The molecule has 1 aromatic heterocycles. The van der Waals surface area contributed by atoms with Gasteiger partial charge in [0.2, 0.25) is 17.7 Å². The average molecular weight is 289 g/mol. The molecule has 2 aromatic rings. The van der Waals surface area contributed by atoms with E-state index < -0.39 is 5.97 Å². The van der Waals surface area contributed by atoms with Crippen LogP contribution in [0.4, 0.5) is 0 Å². The van der Waals surface area contributed by atoms with Crippen LogP contribution in [0.25, 0.3) is 11.5 Å². The number of hydrogen-bond acceptors (Lipinski definition) is 5. The first-order valence-corrected chi connectivity index (χ1v) is 6.40. The maximum atomic E-state index is 11.7. The van der Waals surface area contributed by atoms with Crippen LogP contribution in [-0.4, -0.2) is 45.7 Å². The van der Waals surface area contributed by atoms with Crippen molar-refractivity contribution in [3.63, 3.8) is 0 Å². The Kier molecular flexibility index (Phi) is 4.65. The zero-order valence-electron chi connectivity index (χ0n) is 11.5. The minimum atomic E-state index is -1.05. The van der Waals surface area contributed by atoms with Gasteiger partial charge in [-0.1, -0.05) is 18.2 Å². The third-order valence-corrected chi connectivity index (χ3v) is 2.84. The summed E-state index contributed by atoms with van der Waals surface area (Å²) >= 11 is 0. The molecule has 2 rings (SSSR count). The Morgan fingerprint density at radius 3 is 2.62 bits per heavy atom. The largest absolute Gasteiger partial charge is 0.480 e. The zero-order chi connectivity index (χ0) is 15.2. The van der Waals surface area contributed by atoms with Gasteiger partial charge in [-0.3, -0.25) is 9.59 Å². The zero-order valence-corrected chi connectivity index (χ0v) is 11.5. The van der Waals surface area contributed by atoms with Gasteiger partial charge in [0.1, 0.15) is 6.54 Å². The third-order valence-electron chi connectivity index (χ3n) is 2.84. The Morgan fingerprint density at radius 1 is 1.24 bits per heavy atom. The predicted octanol–water partition coefficient (Wildman–Crippen LogP) is 1.21. The molecular formula is C14H15N3O4. The monoisotopic (exact) mass is 289 g/mol. The smallest absolute Gasteiger partial charge is 0.323 e. The lowest BCUT2D eigenvalue weighted by molar-refractivity contribution is -0.143. The summed E-state index contributed by atoms with van der Waals surface area (Å²) in [4.78, 5) is 23.4. The Hall–Kier alpha value is -2.70. The SMILES string of the molecule is CN(CC(=O)O)C(=O)CCc1nnc(-c2ccccc2)o1. The molecule has 0 atom stereocenters. The van der Waals surface area contributed by atoms with Crippen molar-refractivity contribution < 1.29 is 19.1 Å². The Bertz CT molecular complexity index is 624. The predicted molar refractivity (Wildman–Crippen MR) is 73.3 cm³/mol. The number of carbonyl (C=O) groups is 2. The fraction of sp³-hybridized carbons (Fsp3) is 0.286. The molecule has 1 amide bonds. The molecule has 7 nitrogen and oxygen atoms in total. The number of aryl methyl sites for hydroxylation is 1. The van der Waals surface area contributed by atoms with E-state index in [9.17, 15) is 9.59 Å². The lowest BCUT2D eigenvalue weighted by Crippen LogP contribution is -2.32. The summed E-state index contributed by atoms with van der Waals surface area (Å²) in [6.45, 7) is -0.321. The molecule has 21 heavy (non-hydrogen) atoms. The van der Waals surface area contributed by atoms with E-state index in [0.717, 1.165) is 10.5 Å². The van der Waals surface area contributed by atoms with Crippen LogP contribution in [0.15, 0.2) is 34.7 Å². The molecular weight excluding hydrogens is 274 g/mol. The number of aliphatic carboxylic acids is 1. The van der Waals surface area contributed by atoms with Crippen molar-refractivity contribution in [3.8, 4) is 11.5 Å². The van der Waals surface area contributed by atoms with Crippen molar-refractivity contribution in [2.45, 2.75) is 12.8 Å². The molecule has 1 N–H and O–H groups in total. The molecule has 0 radical (unpaired) electrons. The van der Waals surface area contributed by atoms with Crippen molar-refractivity contribution in [1.29, 1.82) is 0 Å². The van der Waals surface area contributed by atoms with Gasteiger partial charge >= 0.3 is 5.97 Å². The highest BCUT2D eigenvalue weighted by molar-refractivity contribution is 5.81. The van der Waals surface area contributed by atoms with Crippen molar-refractivity contribution in [2.24, 2.45) is 0 Å². The number of hydrogen-bond donors (Lipinski definition) is 1. The average Bonchev–Trinajstić information content (AvgIpc) is 2.94. The number of amides is 1. The first kappa shape index (κ1) is 14.7. The second-order valence-electron chi connectivity index (χ2n) is 4.51. The van der Waals surface area contributed by atoms with Crippen LogP contribution >= 0.6 is 0 Å². The van der Waals surface area contributed by atoms with Gasteiger partial charge in [0.15, 0.2) is 0 Å². The molecule has 110 valence electrons. The number of nitrogens with zero attached hydrogens (tertiary/aromatic N) is 3. The molecule has 0 unspecified atom stereocenters. The van der Waals surface area contributed by atoms with Gasteiger partial charge in [-0.25, -0.2) is 0 Å². The number of rotatable bonds is 6.